The molecule has 1 N–H and O–H groups in total. The van der Waals surface area contributed by atoms with E-state index in [2.05, 4.69) is 5.32 Å². The van der Waals surface area contributed by atoms with E-state index in [-0.39, 0.29) is 42.3 Å². The SMILES string of the molecule is O=C(Nc1ccc2c(c1)OCO2)C1CCN(S(=O)(=O)Cc2c(F)cccc2Cl)CC1. The number of piperidine rings is 1. The van der Waals surface area contributed by atoms with Crippen molar-refractivity contribution in [3.63, 3.8) is 0 Å². The largest absolute Gasteiger partial charge is 0.454 e. The number of hydrogen-bond donors (Lipinski definition) is 1. The molecule has 4 rings (SSSR count). The van der Waals surface area contributed by atoms with Crippen LogP contribution in [0.1, 0.15) is 18.4 Å². The molecular formula is C20H20ClFN2O5S. The standard InChI is InChI=1S/C20H20ClFN2O5S/c21-16-2-1-3-17(22)15(16)11-30(26,27)24-8-6-13(7-9-24)20(25)23-14-4-5-18-19(10-14)29-12-28-18/h1-5,10,13H,6-9,11-12H2,(H,23,25). The minimum Gasteiger partial charge on any atom is -0.454 e. The number of hydrogen-bond acceptors (Lipinski definition) is 5. The van der Waals surface area contributed by atoms with Gasteiger partial charge in [0.25, 0.3) is 0 Å². The minimum atomic E-state index is -3.75. The Balaban J connectivity index is 1.35. The number of amides is 1. The maximum atomic E-state index is 14.0. The van der Waals surface area contributed by atoms with Crippen molar-refractivity contribution in [2.75, 3.05) is 25.2 Å². The van der Waals surface area contributed by atoms with Crippen LogP contribution in [-0.4, -0.2) is 38.5 Å². The molecule has 2 aliphatic rings. The lowest BCUT2D eigenvalue weighted by atomic mass is 9.97. The minimum absolute atomic E-state index is 0.0400. The molecule has 0 radical (unpaired) electrons. The average molecular weight is 455 g/mol. The second-order valence-electron chi connectivity index (χ2n) is 7.19. The maximum Gasteiger partial charge on any atom is 0.231 e. The molecule has 10 heteroatoms. The predicted molar refractivity (Wildman–Crippen MR) is 110 cm³/mol. The number of fused-ring (bicyclic) bond motifs is 1. The molecule has 2 aromatic carbocycles. The first-order valence-electron chi connectivity index (χ1n) is 9.45. The van der Waals surface area contributed by atoms with Gasteiger partial charge in [-0.3, -0.25) is 4.79 Å². The van der Waals surface area contributed by atoms with Crippen molar-refractivity contribution in [1.82, 2.24) is 4.31 Å². The van der Waals surface area contributed by atoms with Crippen LogP contribution in [0.3, 0.4) is 0 Å². The summed E-state index contributed by atoms with van der Waals surface area (Å²) >= 11 is 5.96. The zero-order chi connectivity index (χ0) is 21.3. The molecular weight excluding hydrogens is 435 g/mol. The first-order chi connectivity index (χ1) is 14.3. The van der Waals surface area contributed by atoms with Gasteiger partial charge in [-0.1, -0.05) is 17.7 Å². The zero-order valence-electron chi connectivity index (χ0n) is 15.9. The van der Waals surface area contributed by atoms with E-state index >= 15 is 0 Å². The van der Waals surface area contributed by atoms with Gasteiger partial charge >= 0.3 is 0 Å². The van der Waals surface area contributed by atoms with Gasteiger partial charge in [0.1, 0.15) is 5.82 Å². The third-order valence-corrected chi connectivity index (χ3v) is 7.41. The van der Waals surface area contributed by atoms with Crippen LogP contribution in [0, 0.1) is 11.7 Å². The number of halogens is 2. The second-order valence-corrected chi connectivity index (χ2v) is 9.56. The predicted octanol–water partition coefficient (Wildman–Crippen LogP) is 3.39. The summed E-state index contributed by atoms with van der Waals surface area (Å²) in [6, 6.07) is 9.21. The van der Waals surface area contributed by atoms with Crippen molar-refractivity contribution in [2.24, 2.45) is 5.92 Å². The van der Waals surface area contributed by atoms with Crippen molar-refractivity contribution < 1.29 is 27.1 Å². The van der Waals surface area contributed by atoms with Gasteiger partial charge in [-0.2, -0.15) is 0 Å². The molecule has 2 aromatic rings. The Morgan fingerprint density at radius 1 is 1.17 bits per heavy atom. The van der Waals surface area contributed by atoms with Gasteiger partial charge in [0.05, 0.1) is 5.75 Å². The topological polar surface area (TPSA) is 84.9 Å². The van der Waals surface area contributed by atoms with Crippen LogP contribution in [0.5, 0.6) is 11.5 Å². The quantitative estimate of drug-likeness (QED) is 0.748. The van der Waals surface area contributed by atoms with Crippen LogP contribution in [0.25, 0.3) is 0 Å². The van der Waals surface area contributed by atoms with Gasteiger partial charge in [0.2, 0.25) is 22.7 Å². The highest BCUT2D eigenvalue weighted by atomic mass is 35.5. The summed E-state index contributed by atoms with van der Waals surface area (Å²) < 4.78 is 51.2. The Bertz CT molecular complexity index is 1050. The molecule has 0 spiro atoms. The summed E-state index contributed by atoms with van der Waals surface area (Å²) in [5.74, 6) is -0.458. The molecule has 0 bridgehead atoms. The Kier molecular flexibility index (Phi) is 5.86. The van der Waals surface area contributed by atoms with Crippen LogP contribution >= 0.6 is 11.6 Å². The van der Waals surface area contributed by atoms with E-state index in [1.807, 2.05) is 0 Å². The molecule has 1 amide bonds. The van der Waals surface area contributed by atoms with Crippen LogP contribution in [0.2, 0.25) is 5.02 Å². The van der Waals surface area contributed by atoms with Crippen LogP contribution in [0.4, 0.5) is 10.1 Å². The van der Waals surface area contributed by atoms with Crippen molar-refractivity contribution in [3.05, 3.63) is 52.8 Å². The maximum absolute atomic E-state index is 14.0. The molecule has 160 valence electrons. The van der Waals surface area contributed by atoms with Gasteiger partial charge in [0, 0.05) is 41.3 Å². The first-order valence-corrected chi connectivity index (χ1v) is 11.4. The number of benzene rings is 2. The summed E-state index contributed by atoms with van der Waals surface area (Å²) in [5, 5.41) is 2.92. The van der Waals surface area contributed by atoms with Gasteiger partial charge in [0.15, 0.2) is 11.5 Å². The lowest BCUT2D eigenvalue weighted by Gasteiger charge is -2.30. The molecule has 0 saturated carbocycles. The molecule has 30 heavy (non-hydrogen) atoms. The Morgan fingerprint density at radius 2 is 1.90 bits per heavy atom. The lowest BCUT2D eigenvalue weighted by Crippen LogP contribution is -2.42. The number of nitrogens with zero attached hydrogens (tertiary/aromatic N) is 1. The summed E-state index contributed by atoms with van der Waals surface area (Å²) in [7, 11) is -3.75. The number of rotatable bonds is 5. The highest BCUT2D eigenvalue weighted by Crippen LogP contribution is 2.34. The molecule has 1 saturated heterocycles. The molecule has 0 aromatic heterocycles. The van der Waals surface area contributed by atoms with E-state index in [1.54, 1.807) is 18.2 Å². The van der Waals surface area contributed by atoms with Crippen molar-refractivity contribution in [2.45, 2.75) is 18.6 Å². The number of carbonyl (C=O) groups excluding carboxylic acids is 1. The lowest BCUT2D eigenvalue weighted by molar-refractivity contribution is -0.120. The fraction of sp³-hybridized carbons (Fsp3) is 0.350. The Morgan fingerprint density at radius 3 is 2.63 bits per heavy atom. The number of sulfonamides is 1. The average Bonchev–Trinajstić information content (AvgIpc) is 3.19. The smallest absolute Gasteiger partial charge is 0.231 e. The summed E-state index contributed by atoms with van der Waals surface area (Å²) in [4.78, 5) is 12.6. The molecule has 2 aliphatic heterocycles. The van der Waals surface area contributed by atoms with E-state index in [0.717, 1.165) is 0 Å². The fourth-order valence-corrected chi connectivity index (χ4v) is 5.48. The molecule has 1 fully saturated rings. The van der Waals surface area contributed by atoms with Gasteiger partial charge in [-0.25, -0.2) is 17.1 Å². The van der Waals surface area contributed by atoms with Gasteiger partial charge in [-0.15, -0.1) is 0 Å². The van der Waals surface area contributed by atoms with Gasteiger partial charge in [-0.05, 0) is 37.1 Å². The van der Waals surface area contributed by atoms with E-state index in [4.69, 9.17) is 21.1 Å². The second kappa shape index (κ2) is 8.41. The third kappa shape index (κ3) is 4.38. The summed E-state index contributed by atoms with van der Waals surface area (Å²) in [5.41, 5.74) is 0.551. The summed E-state index contributed by atoms with van der Waals surface area (Å²) in [6.07, 6.45) is 0.751. The van der Waals surface area contributed by atoms with Crippen molar-refractivity contribution >= 4 is 33.2 Å². The van der Waals surface area contributed by atoms with E-state index in [1.165, 1.54) is 22.5 Å². The molecule has 7 nitrogen and oxygen atoms in total. The molecule has 0 unspecified atom stereocenters. The number of ether oxygens (including phenoxy) is 2. The van der Waals surface area contributed by atoms with Crippen molar-refractivity contribution in [1.29, 1.82) is 0 Å². The highest BCUT2D eigenvalue weighted by molar-refractivity contribution is 7.88. The molecule has 2 heterocycles. The van der Waals surface area contributed by atoms with Crippen LogP contribution < -0.4 is 14.8 Å². The third-order valence-electron chi connectivity index (χ3n) is 5.25. The highest BCUT2D eigenvalue weighted by Gasteiger charge is 2.32. The number of carbonyl (C=O) groups is 1. The Labute approximate surface area is 178 Å². The number of anilines is 1. The van der Waals surface area contributed by atoms with Crippen LogP contribution in [0.15, 0.2) is 36.4 Å². The van der Waals surface area contributed by atoms with Gasteiger partial charge < -0.3 is 14.8 Å². The first kappa shape index (κ1) is 20.9. The monoisotopic (exact) mass is 454 g/mol. The molecule has 0 atom stereocenters. The van der Waals surface area contributed by atoms with E-state index in [0.29, 0.717) is 30.0 Å². The Hall–Kier alpha value is -2.36. The molecule has 0 aliphatic carbocycles. The normalized spacial score (nSPS) is 17.1. The summed E-state index contributed by atoms with van der Waals surface area (Å²) in [6.45, 7) is 0.527. The van der Waals surface area contributed by atoms with E-state index in [9.17, 15) is 17.6 Å². The van der Waals surface area contributed by atoms with Crippen molar-refractivity contribution in [3.8, 4) is 11.5 Å². The fourth-order valence-electron chi connectivity index (χ4n) is 3.56. The zero-order valence-corrected chi connectivity index (χ0v) is 17.5. The number of nitrogens with one attached hydrogen (secondary N) is 1. The van der Waals surface area contributed by atoms with E-state index < -0.39 is 21.6 Å². The van der Waals surface area contributed by atoms with Crippen LogP contribution in [-0.2, 0) is 20.6 Å².